The zero-order valence-corrected chi connectivity index (χ0v) is 11.4. The number of hydrogen-bond acceptors (Lipinski definition) is 2. The highest BCUT2D eigenvalue weighted by atomic mass is 16.3. The second kappa shape index (κ2) is 4.40. The van der Waals surface area contributed by atoms with Gasteiger partial charge in [-0.1, -0.05) is 33.3 Å². The van der Waals surface area contributed by atoms with Gasteiger partial charge in [0.05, 0.1) is 13.2 Å². The van der Waals surface area contributed by atoms with Gasteiger partial charge in [0.25, 0.3) is 0 Å². The molecule has 0 heterocycles. The van der Waals surface area contributed by atoms with Crippen LogP contribution in [0.4, 0.5) is 0 Å². The van der Waals surface area contributed by atoms with E-state index in [0.29, 0.717) is 11.3 Å². The summed E-state index contributed by atoms with van der Waals surface area (Å²) in [5.74, 6) is 0.794. The third kappa shape index (κ3) is 1.96. The summed E-state index contributed by atoms with van der Waals surface area (Å²) in [6, 6.07) is 0. The average Bonchev–Trinajstić information content (AvgIpc) is 2.26. The van der Waals surface area contributed by atoms with E-state index in [1.165, 1.54) is 19.3 Å². The van der Waals surface area contributed by atoms with Crippen LogP contribution in [-0.4, -0.2) is 23.4 Å². The molecule has 0 aromatic carbocycles. The predicted octanol–water partition coefficient (Wildman–Crippen LogP) is 2.75. The van der Waals surface area contributed by atoms with Crippen molar-refractivity contribution in [2.24, 2.45) is 22.7 Å². The Morgan fingerprint density at radius 2 is 1.94 bits per heavy atom. The van der Waals surface area contributed by atoms with Crippen molar-refractivity contribution in [3.05, 3.63) is 11.6 Å². The highest BCUT2D eigenvalue weighted by Gasteiger charge is 2.51. The summed E-state index contributed by atoms with van der Waals surface area (Å²) in [7, 11) is 0. The van der Waals surface area contributed by atoms with Gasteiger partial charge in [0.1, 0.15) is 0 Å². The van der Waals surface area contributed by atoms with Crippen LogP contribution in [0.2, 0.25) is 0 Å². The van der Waals surface area contributed by atoms with Crippen molar-refractivity contribution >= 4 is 0 Å². The Morgan fingerprint density at radius 1 is 1.24 bits per heavy atom. The van der Waals surface area contributed by atoms with Crippen LogP contribution in [0.15, 0.2) is 11.6 Å². The van der Waals surface area contributed by atoms with Crippen molar-refractivity contribution in [3.8, 4) is 0 Å². The minimum atomic E-state index is 0.105. The molecule has 2 heteroatoms. The molecule has 0 radical (unpaired) electrons. The molecule has 0 spiro atoms. The monoisotopic (exact) mass is 238 g/mol. The molecule has 0 aromatic rings. The lowest BCUT2D eigenvalue weighted by Gasteiger charge is -2.56. The fourth-order valence-corrected chi connectivity index (χ4v) is 4.51. The standard InChI is InChI=1S/C15H26O2/c1-14(2)7-4-8-15(3)12(10-17)11(9-16)5-6-13(14)15/h5,12-13,16-17H,4,6-10H2,1-3H3/t12-,13+,15+/m1/s1. The number of aliphatic hydroxyl groups is 2. The maximum atomic E-state index is 9.71. The zero-order chi connectivity index (χ0) is 12.7. The predicted molar refractivity (Wildman–Crippen MR) is 69.6 cm³/mol. The molecule has 1 fully saturated rings. The molecule has 0 unspecified atom stereocenters. The SMILES string of the molecule is CC1(C)CCC[C@@]2(C)[C@H](CO)C(CO)=CC[C@@H]12. The molecule has 2 aliphatic rings. The van der Waals surface area contributed by atoms with Gasteiger partial charge in [-0.15, -0.1) is 0 Å². The van der Waals surface area contributed by atoms with Crippen LogP contribution in [0.5, 0.6) is 0 Å². The first-order valence-electron chi connectivity index (χ1n) is 6.86. The van der Waals surface area contributed by atoms with Crippen LogP contribution in [0.3, 0.4) is 0 Å². The topological polar surface area (TPSA) is 40.5 Å². The Morgan fingerprint density at radius 3 is 2.53 bits per heavy atom. The Kier molecular flexibility index (Phi) is 3.39. The number of fused-ring (bicyclic) bond motifs is 1. The molecule has 2 aliphatic carbocycles. The van der Waals surface area contributed by atoms with Crippen molar-refractivity contribution in [2.45, 2.75) is 46.5 Å². The van der Waals surface area contributed by atoms with Gasteiger partial charge in [-0.25, -0.2) is 0 Å². The molecule has 0 amide bonds. The Balaban J connectivity index is 2.38. The molecule has 0 aromatic heterocycles. The maximum Gasteiger partial charge on any atom is 0.0645 e. The maximum absolute atomic E-state index is 9.71. The van der Waals surface area contributed by atoms with Gasteiger partial charge in [-0.2, -0.15) is 0 Å². The minimum absolute atomic E-state index is 0.105. The number of hydrogen-bond donors (Lipinski definition) is 2. The van der Waals surface area contributed by atoms with Crippen LogP contribution in [0.1, 0.15) is 46.5 Å². The molecule has 0 aliphatic heterocycles. The second-order valence-corrected chi connectivity index (χ2v) is 6.81. The van der Waals surface area contributed by atoms with Gasteiger partial charge in [0.15, 0.2) is 0 Å². The second-order valence-electron chi connectivity index (χ2n) is 6.81. The Bertz CT molecular complexity index is 319. The fourth-order valence-electron chi connectivity index (χ4n) is 4.51. The third-order valence-corrected chi connectivity index (χ3v) is 5.50. The molecule has 0 saturated heterocycles. The number of aliphatic hydroxyl groups excluding tert-OH is 2. The molecular formula is C15H26O2. The zero-order valence-electron chi connectivity index (χ0n) is 11.4. The van der Waals surface area contributed by atoms with E-state index in [9.17, 15) is 10.2 Å². The fraction of sp³-hybridized carbons (Fsp3) is 0.867. The van der Waals surface area contributed by atoms with Crippen LogP contribution in [-0.2, 0) is 0 Å². The molecule has 1 saturated carbocycles. The lowest BCUT2D eigenvalue weighted by atomic mass is 9.49. The van der Waals surface area contributed by atoms with E-state index >= 15 is 0 Å². The highest BCUT2D eigenvalue weighted by Crippen LogP contribution is 2.59. The lowest BCUT2D eigenvalue weighted by molar-refractivity contribution is -0.0539. The largest absolute Gasteiger partial charge is 0.396 e. The van der Waals surface area contributed by atoms with Crippen molar-refractivity contribution in [2.75, 3.05) is 13.2 Å². The van der Waals surface area contributed by atoms with Crippen molar-refractivity contribution in [1.82, 2.24) is 0 Å². The molecular weight excluding hydrogens is 212 g/mol. The van der Waals surface area contributed by atoms with Gasteiger partial charge in [0, 0.05) is 5.92 Å². The van der Waals surface area contributed by atoms with Gasteiger partial charge in [0.2, 0.25) is 0 Å². The minimum Gasteiger partial charge on any atom is -0.396 e. The van der Waals surface area contributed by atoms with E-state index in [-0.39, 0.29) is 24.5 Å². The van der Waals surface area contributed by atoms with E-state index in [1.807, 2.05) is 0 Å². The van der Waals surface area contributed by atoms with Gasteiger partial charge in [-0.3, -0.25) is 0 Å². The van der Waals surface area contributed by atoms with Gasteiger partial charge < -0.3 is 10.2 Å². The molecule has 17 heavy (non-hydrogen) atoms. The highest BCUT2D eigenvalue weighted by molar-refractivity contribution is 5.20. The molecule has 2 N–H and O–H groups in total. The van der Waals surface area contributed by atoms with E-state index < -0.39 is 0 Å². The molecule has 2 rings (SSSR count). The van der Waals surface area contributed by atoms with Gasteiger partial charge in [-0.05, 0) is 41.6 Å². The Hall–Kier alpha value is -0.340. The summed E-state index contributed by atoms with van der Waals surface area (Å²) in [6.07, 6.45) is 6.96. The summed E-state index contributed by atoms with van der Waals surface area (Å²) < 4.78 is 0. The molecule has 3 atom stereocenters. The van der Waals surface area contributed by atoms with Crippen LogP contribution in [0.25, 0.3) is 0 Å². The van der Waals surface area contributed by atoms with E-state index in [2.05, 4.69) is 26.8 Å². The van der Waals surface area contributed by atoms with Crippen LogP contribution in [0, 0.1) is 22.7 Å². The van der Waals surface area contributed by atoms with Crippen molar-refractivity contribution < 1.29 is 10.2 Å². The summed E-state index contributed by atoms with van der Waals surface area (Å²) in [4.78, 5) is 0. The Labute approximate surface area is 105 Å². The van der Waals surface area contributed by atoms with Crippen molar-refractivity contribution in [1.29, 1.82) is 0 Å². The van der Waals surface area contributed by atoms with Gasteiger partial charge >= 0.3 is 0 Å². The smallest absolute Gasteiger partial charge is 0.0645 e. The van der Waals surface area contributed by atoms with E-state index in [0.717, 1.165) is 12.0 Å². The van der Waals surface area contributed by atoms with Crippen LogP contribution < -0.4 is 0 Å². The normalized spacial score (nSPS) is 40.6. The number of allylic oxidation sites excluding steroid dienone is 1. The van der Waals surface area contributed by atoms with Crippen molar-refractivity contribution in [3.63, 3.8) is 0 Å². The summed E-state index contributed by atoms with van der Waals surface area (Å²) >= 11 is 0. The molecule has 98 valence electrons. The summed E-state index contributed by atoms with van der Waals surface area (Å²) in [6.45, 7) is 7.33. The quantitative estimate of drug-likeness (QED) is 0.726. The lowest BCUT2D eigenvalue weighted by Crippen LogP contribution is -2.50. The third-order valence-electron chi connectivity index (χ3n) is 5.50. The van der Waals surface area contributed by atoms with E-state index in [1.54, 1.807) is 0 Å². The summed E-state index contributed by atoms with van der Waals surface area (Å²) in [5, 5.41) is 19.2. The average molecular weight is 238 g/mol. The first-order chi connectivity index (χ1) is 7.95. The first-order valence-corrected chi connectivity index (χ1v) is 6.86. The molecule has 0 bridgehead atoms. The van der Waals surface area contributed by atoms with Crippen LogP contribution >= 0.6 is 0 Å². The summed E-state index contributed by atoms with van der Waals surface area (Å²) in [5.41, 5.74) is 1.59. The number of rotatable bonds is 2. The first kappa shape index (κ1) is 13.1. The molecule has 2 nitrogen and oxygen atoms in total. The van der Waals surface area contributed by atoms with E-state index in [4.69, 9.17) is 0 Å².